The Morgan fingerprint density at radius 1 is 0.867 bits per heavy atom. The molecule has 0 amide bonds. The molecule has 0 N–H and O–H groups in total. The van der Waals surface area contributed by atoms with Gasteiger partial charge in [0, 0.05) is 10.9 Å². The van der Waals surface area contributed by atoms with Gasteiger partial charge in [-0.1, -0.05) is 41.6 Å². The van der Waals surface area contributed by atoms with Crippen LogP contribution < -0.4 is 10.3 Å². The summed E-state index contributed by atoms with van der Waals surface area (Å²) in [4.78, 5) is 17.5. The average molecular weight is 396 g/mol. The second-order valence-corrected chi connectivity index (χ2v) is 6.60. The molecule has 30 heavy (non-hydrogen) atoms. The Morgan fingerprint density at radius 2 is 1.57 bits per heavy atom. The van der Waals surface area contributed by atoms with Gasteiger partial charge in [-0.25, -0.2) is 0 Å². The summed E-state index contributed by atoms with van der Waals surface area (Å²) < 4.78 is 12.1. The second kappa shape index (κ2) is 7.29. The molecule has 0 aliphatic heterocycles. The Morgan fingerprint density at radius 3 is 2.30 bits per heavy atom. The molecular weight excluding hydrogens is 380 g/mol. The van der Waals surface area contributed by atoms with E-state index in [1.54, 1.807) is 13.2 Å². The van der Waals surface area contributed by atoms with Crippen LogP contribution in [0.1, 0.15) is 0 Å². The van der Waals surface area contributed by atoms with Gasteiger partial charge in [-0.3, -0.25) is 4.79 Å². The highest BCUT2D eigenvalue weighted by atomic mass is 16.5. The third kappa shape index (κ3) is 3.02. The zero-order valence-electron chi connectivity index (χ0n) is 16.0. The normalized spacial score (nSPS) is 11.0. The number of rotatable bonds is 4. The van der Waals surface area contributed by atoms with Crippen molar-refractivity contribution >= 4 is 10.8 Å². The van der Waals surface area contributed by atoms with Crippen molar-refractivity contribution in [3.05, 3.63) is 89.2 Å². The Hall–Kier alpha value is -4.26. The molecule has 7 nitrogen and oxygen atoms in total. The van der Waals surface area contributed by atoms with Crippen LogP contribution in [0.25, 0.3) is 39.4 Å². The fraction of sp³-hybridized carbons (Fsp3) is 0.0435. The van der Waals surface area contributed by atoms with E-state index in [1.165, 1.54) is 4.68 Å². The van der Waals surface area contributed by atoms with E-state index in [2.05, 4.69) is 15.2 Å². The van der Waals surface area contributed by atoms with Crippen LogP contribution in [-0.2, 0) is 0 Å². The number of ether oxygens (including phenoxy) is 1. The van der Waals surface area contributed by atoms with Crippen LogP contribution in [0, 0.1) is 0 Å². The smallest absolute Gasteiger partial charge is 0.279 e. The Bertz CT molecular complexity index is 1390. The van der Waals surface area contributed by atoms with Crippen molar-refractivity contribution in [3.63, 3.8) is 0 Å². The highest BCUT2D eigenvalue weighted by Gasteiger charge is 2.19. The maximum absolute atomic E-state index is 13.0. The minimum atomic E-state index is -0.213. The lowest BCUT2D eigenvalue weighted by Crippen LogP contribution is -2.22. The summed E-state index contributed by atoms with van der Waals surface area (Å²) >= 11 is 0. The Kier molecular flexibility index (Phi) is 4.33. The van der Waals surface area contributed by atoms with Gasteiger partial charge >= 0.3 is 0 Å². The molecule has 0 bridgehead atoms. The minimum Gasteiger partial charge on any atom is -0.497 e. The van der Waals surface area contributed by atoms with Gasteiger partial charge in [-0.15, -0.1) is 0 Å². The molecule has 3 aromatic carbocycles. The summed E-state index contributed by atoms with van der Waals surface area (Å²) in [5, 5.41) is 9.83. The van der Waals surface area contributed by atoms with Crippen molar-refractivity contribution in [1.82, 2.24) is 19.9 Å². The number of aromatic nitrogens is 4. The lowest BCUT2D eigenvalue weighted by molar-refractivity contribution is 0.414. The van der Waals surface area contributed by atoms with Gasteiger partial charge in [0.2, 0.25) is 5.82 Å². The first-order valence-corrected chi connectivity index (χ1v) is 9.30. The molecule has 146 valence electrons. The van der Waals surface area contributed by atoms with Crippen molar-refractivity contribution in [2.24, 2.45) is 0 Å². The lowest BCUT2D eigenvalue weighted by atomic mass is 10.1. The van der Waals surface area contributed by atoms with Crippen LogP contribution >= 0.6 is 0 Å². The monoisotopic (exact) mass is 396 g/mol. The minimum absolute atomic E-state index is 0.213. The van der Waals surface area contributed by atoms with Gasteiger partial charge in [-0.2, -0.15) is 14.8 Å². The van der Waals surface area contributed by atoms with E-state index in [-0.39, 0.29) is 11.4 Å². The van der Waals surface area contributed by atoms with Gasteiger partial charge in [0.1, 0.15) is 5.75 Å². The molecule has 7 heteroatoms. The SMILES string of the molecule is COc1ccc(-c2noc(-c3nn(-c4ccccc4)c(=O)c4ccccc34)n2)cc1. The van der Waals surface area contributed by atoms with Gasteiger partial charge in [0.15, 0.2) is 5.69 Å². The molecule has 0 radical (unpaired) electrons. The highest BCUT2D eigenvalue weighted by Crippen LogP contribution is 2.27. The van der Waals surface area contributed by atoms with Crippen LogP contribution in [0.15, 0.2) is 88.2 Å². The largest absolute Gasteiger partial charge is 0.497 e. The van der Waals surface area contributed by atoms with E-state index in [0.29, 0.717) is 28.0 Å². The summed E-state index contributed by atoms with van der Waals surface area (Å²) in [5.74, 6) is 1.41. The van der Waals surface area contributed by atoms with Crippen molar-refractivity contribution in [2.45, 2.75) is 0 Å². The Labute approximate surface area is 171 Å². The van der Waals surface area contributed by atoms with Gasteiger partial charge in [0.25, 0.3) is 11.4 Å². The molecule has 0 unspecified atom stereocenters. The zero-order chi connectivity index (χ0) is 20.5. The average Bonchev–Trinajstić information content (AvgIpc) is 3.30. The highest BCUT2D eigenvalue weighted by molar-refractivity contribution is 5.92. The predicted molar refractivity (Wildman–Crippen MR) is 113 cm³/mol. The molecule has 2 aromatic heterocycles. The fourth-order valence-corrected chi connectivity index (χ4v) is 3.27. The summed E-state index contributed by atoms with van der Waals surface area (Å²) in [6.45, 7) is 0. The van der Waals surface area contributed by atoms with Crippen molar-refractivity contribution in [1.29, 1.82) is 0 Å². The molecule has 0 saturated carbocycles. The maximum atomic E-state index is 13.0. The molecule has 0 spiro atoms. The number of methoxy groups -OCH3 is 1. The molecule has 0 aliphatic carbocycles. The first-order chi connectivity index (χ1) is 14.7. The predicted octanol–water partition coefficient (Wildman–Crippen LogP) is 4.11. The fourth-order valence-electron chi connectivity index (χ4n) is 3.27. The second-order valence-electron chi connectivity index (χ2n) is 6.60. The molecule has 2 heterocycles. The summed E-state index contributed by atoms with van der Waals surface area (Å²) in [6, 6.07) is 23.9. The summed E-state index contributed by atoms with van der Waals surface area (Å²) in [5.41, 5.74) is 1.67. The number of benzene rings is 3. The molecule has 5 aromatic rings. The topological polar surface area (TPSA) is 83.0 Å². The number of para-hydroxylation sites is 1. The number of fused-ring (bicyclic) bond motifs is 1. The Balaban J connectivity index is 1.68. The first-order valence-electron chi connectivity index (χ1n) is 9.30. The van der Waals surface area contributed by atoms with Crippen LogP contribution in [0.2, 0.25) is 0 Å². The van der Waals surface area contributed by atoms with Gasteiger partial charge in [-0.05, 0) is 42.5 Å². The maximum Gasteiger partial charge on any atom is 0.279 e. The number of nitrogens with zero attached hydrogens (tertiary/aromatic N) is 4. The van der Waals surface area contributed by atoms with Gasteiger partial charge < -0.3 is 9.26 Å². The van der Waals surface area contributed by atoms with Crippen LogP contribution in [0.5, 0.6) is 5.75 Å². The summed E-state index contributed by atoms with van der Waals surface area (Å²) in [6.07, 6.45) is 0. The molecule has 5 rings (SSSR count). The van der Waals surface area contributed by atoms with E-state index in [0.717, 1.165) is 11.3 Å². The lowest BCUT2D eigenvalue weighted by Gasteiger charge is -2.08. The number of hydrogen-bond acceptors (Lipinski definition) is 6. The van der Waals surface area contributed by atoms with Gasteiger partial charge in [0.05, 0.1) is 18.2 Å². The van der Waals surface area contributed by atoms with Crippen LogP contribution in [-0.4, -0.2) is 27.0 Å². The third-order valence-corrected chi connectivity index (χ3v) is 4.78. The van der Waals surface area contributed by atoms with E-state index in [4.69, 9.17) is 9.26 Å². The van der Waals surface area contributed by atoms with Crippen molar-refractivity contribution < 1.29 is 9.26 Å². The van der Waals surface area contributed by atoms with Crippen LogP contribution in [0.4, 0.5) is 0 Å². The number of hydrogen-bond donors (Lipinski definition) is 0. The first kappa shape index (κ1) is 17.8. The molecular formula is C23H16N4O3. The van der Waals surface area contributed by atoms with E-state index < -0.39 is 0 Å². The van der Waals surface area contributed by atoms with E-state index >= 15 is 0 Å². The standard InChI is InChI=1S/C23H16N4O3/c1-29-17-13-11-15(12-14-17)21-24-22(30-26-21)20-18-9-5-6-10-19(18)23(28)27(25-20)16-7-3-2-4-8-16/h2-14H,1H3. The van der Waals surface area contributed by atoms with Crippen molar-refractivity contribution in [3.8, 4) is 34.4 Å². The molecule has 0 aliphatic rings. The summed E-state index contributed by atoms with van der Waals surface area (Å²) in [7, 11) is 1.61. The molecule has 0 atom stereocenters. The van der Waals surface area contributed by atoms with E-state index in [1.807, 2.05) is 72.8 Å². The van der Waals surface area contributed by atoms with Crippen molar-refractivity contribution in [2.75, 3.05) is 7.11 Å². The zero-order valence-corrected chi connectivity index (χ0v) is 16.0. The van der Waals surface area contributed by atoms with E-state index in [9.17, 15) is 4.79 Å². The van der Waals surface area contributed by atoms with Crippen LogP contribution in [0.3, 0.4) is 0 Å². The molecule has 0 fully saturated rings. The quantitative estimate of drug-likeness (QED) is 0.455. The molecule has 0 saturated heterocycles. The third-order valence-electron chi connectivity index (χ3n) is 4.78.